The van der Waals surface area contributed by atoms with Crippen LogP contribution in [-0.4, -0.2) is 30.7 Å². The summed E-state index contributed by atoms with van der Waals surface area (Å²) in [5, 5.41) is 2.97. The molecule has 88 valence electrons. The third kappa shape index (κ3) is 2.92. The van der Waals surface area contributed by atoms with E-state index in [1.54, 1.807) is 0 Å². The zero-order chi connectivity index (χ0) is 11.5. The molecule has 1 saturated heterocycles. The highest BCUT2D eigenvalue weighted by Crippen LogP contribution is 2.25. The van der Waals surface area contributed by atoms with E-state index in [2.05, 4.69) is 5.32 Å². The fraction of sp³-hybridized carbons (Fsp3) is 0.909. The van der Waals surface area contributed by atoms with Gasteiger partial charge in [-0.3, -0.25) is 4.79 Å². The number of nitrogens with one attached hydrogen (secondary N) is 1. The highest BCUT2D eigenvalue weighted by molar-refractivity contribution is 5.85. The van der Waals surface area contributed by atoms with Gasteiger partial charge in [0.15, 0.2) is 0 Å². The molecule has 3 N–H and O–H groups in total. The number of carbonyl (C=O) groups excluding carboxylic acids is 1. The molecule has 0 aliphatic carbocycles. The lowest BCUT2D eigenvalue weighted by Crippen LogP contribution is -2.49. The third-order valence-corrected chi connectivity index (χ3v) is 3.28. The van der Waals surface area contributed by atoms with Gasteiger partial charge in [-0.2, -0.15) is 0 Å². The first-order valence-electron chi connectivity index (χ1n) is 5.64. The molecule has 1 amide bonds. The lowest BCUT2D eigenvalue weighted by molar-refractivity contribution is -0.140. The van der Waals surface area contributed by atoms with Crippen LogP contribution in [0.5, 0.6) is 0 Å². The third-order valence-electron chi connectivity index (χ3n) is 3.28. The molecule has 1 aliphatic rings. The molecular formula is C11H22N2O2. The Balaban J connectivity index is 2.47. The van der Waals surface area contributed by atoms with Crippen molar-refractivity contribution in [1.29, 1.82) is 0 Å². The smallest absolute Gasteiger partial charge is 0.252 e. The second kappa shape index (κ2) is 4.94. The molecule has 4 heteroatoms. The van der Waals surface area contributed by atoms with Crippen LogP contribution >= 0.6 is 0 Å². The fourth-order valence-electron chi connectivity index (χ4n) is 1.66. The number of amides is 1. The molecule has 0 aromatic heterocycles. The molecule has 4 nitrogen and oxygen atoms in total. The number of rotatable bonds is 4. The molecule has 0 aromatic rings. The van der Waals surface area contributed by atoms with Crippen LogP contribution in [0.15, 0.2) is 0 Å². The van der Waals surface area contributed by atoms with Crippen molar-refractivity contribution in [3.63, 3.8) is 0 Å². The van der Waals surface area contributed by atoms with Crippen molar-refractivity contribution in [2.45, 2.75) is 45.3 Å². The van der Waals surface area contributed by atoms with Gasteiger partial charge < -0.3 is 15.8 Å². The zero-order valence-electron chi connectivity index (χ0n) is 9.88. The molecule has 0 aromatic carbocycles. The maximum Gasteiger partial charge on any atom is 0.252 e. The van der Waals surface area contributed by atoms with E-state index in [0.29, 0.717) is 19.1 Å². The molecule has 1 heterocycles. The summed E-state index contributed by atoms with van der Waals surface area (Å²) in [6, 6.07) is 0.100. The van der Waals surface area contributed by atoms with E-state index in [9.17, 15) is 4.79 Å². The molecular weight excluding hydrogens is 192 g/mol. The average Bonchev–Trinajstić information content (AvgIpc) is 2.65. The SMILES string of the molecule is CC(CN)C(C)NC(=O)C1(C)CCCO1. The van der Waals surface area contributed by atoms with E-state index in [-0.39, 0.29) is 11.9 Å². The quantitative estimate of drug-likeness (QED) is 0.722. The van der Waals surface area contributed by atoms with Crippen molar-refractivity contribution in [2.75, 3.05) is 13.2 Å². The lowest BCUT2D eigenvalue weighted by Gasteiger charge is -2.27. The van der Waals surface area contributed by atoms with Crippen LogP contribution in [0.1, 0.15) is 33.6 Å². The highest BCUT2D eigenvalue weighted by Gasteiger charge is 2.38. The number of ether oxygens (including phenoxy) is 1. The Bertz CT molecular complexity index is 225. The Morgan fingerprint density at radius 2 is 2.27 bits per heavy atom. The minimum absolute atomic E-state index is 0.00667. The average molecular weight is 214 g/mol. The first-order valence-corrected chi connectivity index (χ1v) is 5.64. The molecule has 1 rings (SSSR count). The summed E-state index contributed by atoms with van der Waals surface area (Å²) >= 11 is 0. The summed E-state index contributed by atoms with van der Waals surface area (Å²) in [7, 11) is 0. The Kier molecular flexibility index (Phi) is 4.11. The minimum Gasteiger partial charge on any atom is -0.365 e. The minimum atomic E-state index is -0.622. The van der Waals surface area contributed by atoms with E-state index in [4.69, 9.17) is 10.5 Å². The second-order valence-electron chi connectivity index (χ2n) is 4.66. The normalized spacial score (nSPS) is 29.9. The van der Waals surface area contributed by atoms with Gasteiger partial charge in [0.05, 0.1) is 0 Å². The van der Waals surface area contributed by atoms with Crippen molar-refractivity contribution < 1.29 is 9.53 Å². The zero-order valence-corrected chi connectivity index (χ0v) is 9.88. The number of hydrogen-bond donors (Lipinski definition) is 2. The first kappa shape index (κ1) is 12.5. The van der Waals surface area contributed by atoms with Crippen molar-refractivity contribution >= 4 is 5.91 Å². The maximum atomic E-state index is 11.9. The summed E-state index contributed by atoms with van der Waals surface area (Å²) in [5.74, 6) is 0.284. The molecule has 3 atom stereocenters. The lowest BCUT2D eigenvalue weighted by atomic mass is 9.99. The van der Waals surface area contributed by atoms with Gasteiger partial charge in [-0.25, -0.2) is 0 Å². The largest absolute Gasteiger partial charge is 0.365 e. The van der Waals surface area contributed by atoms with Crippen LogP contribution in [-0.2, 0) is 9.53 Å². The highest BCUT2D eigenvalue weighted by atomic mass is 16.5. The molecule has 15 heavy (non-hydrogen) atoms. The first-order chi connectivity index (χ1) is 6.99. The van der Waals surface area contributed by atoms with Crippen LogP contribution in [0.4, 0.5) is 0 Å². The summed E-state index contributed by atoms with van der Waals surface area (Å²) in [4.78, 5) is 11.9. The monoisotopic (exact) mass is 214 g/mol. The van der Waals surface area contributed by atoms with Gasteiger partial charge in [0, 0.05) is 12.6 Å². The molecule has 0 bridgehead atoms. The van der Waals surface area contributed by atoms with E-state index in [1.807, 2.05) is 20.8 Å². The standard InChI is InChI=1S/C11H22N2O2/c1-8(7-12)9(2)13-10(14)11(3)5-4-6-15-11/h8-9H,4-7,12H2,1-3H3,(H,13,14). The van der Waals surface area contributed by atoms with Crippen LogP contribution in [0.3, 0.4) is 0 Å². The van der Waals surface area contributed by atoms with Crippen molar-refractivity contribution in [2.24, 2.45) is 11.7 Å². The molecule has 0 spiro atoms. The summed E-state index contributed by atoms with van der Waals surface area (Å²) < 4.78 is 5.47. The molecule has 3 unspecified atom stereocenters. The molecule has 1 fully saturated rings. The molecule has 0 radical (unpaired) electrons. The Hall–Kier alpha value is -0.610. The van der Waals surface area contributed by atoms with Crippen LogP contribution in [0, 0.1) is 5.92 Å². The van der Waals surface area contributed by atoms with Crippen molar-refractivity contribution in [3.05, 3.63) is 0 Å². The van der Waals surface area contributed by atoms with Gasteiger partial charge in [0.2, 0.25) is 0 Å². The van der Waals surface area contributed by atoms with E-state index in [0.717, 1.165) is 12.8 Å². The van der Waals surface area contributed by atoms with Crippen molar-refractivity contribution in [1.82, 2.24) is 5.32 Å². The Labute approximate surface area is 91.5 Å². The van der Waals surface area contributed by atoms with E-state index in [1.165, 1.54) is 0 Å². The number of hydrogen-bond acceptors (Lipinski definition) is 3. The molecule has 1 aliphatic heterocycles. The van der Waals surface area contributed by atoms with E-state index < -0.39 is 5.60 Å². The van der Waals surface area contributed by atoms with Crippen LogP contribution in [0.2, 0.25) is 0 Å². The topological polar surface area (TPSA) is 64.3 Å². The van der Waals surface area contributed by atoms with Gasteiger partial charge in [-0.05, 0) is 39.2 Å². The van der Waals surface area contributed by atoms with Gasteiger partial charge in [-0.1, -0.05) is 6.92 Å². The van der Waals surface area contributed by atoms with Gasteiger partial charge in [0.1, 0.15) is 5.60 Å². The van der Waals surface area contributed by atoms with Crippen molar-refractivity contribution in [3.8, 4) is 0 Å². The van der Waals surface area contributed by atoms with E-state index >= 15 is 0 Å². The van der Waals surface area contributed by atoms with Crippen LogP contribution in [0.25, 0.3) is 0 Å². The summed E-state index contributed by atoms with van der Waals surface area (Å²) in [6.07, 6.45) is 1.77. The Morgan fingerprint density at radius 3 is 2.73 bits per heavy atom. The van der Waals surface area contributed by atoms with Gasteiger partial charge >= 0.3 is 0 Å². The number of nitrogens with two attached hydrogens (primary N) is 1. The summed E-state index contributed by atoms with van der Waals surface area (Å²) in [6.45, 7) is 7.13. The number of carbonyl (C=O) groups is 1. The van der Waals surface area contributed by atoms with Gasteiger partial charge in [0.25, 0.3) is 5.91 Å². The molecule has 0 saturated carbocycles. The predicted octanol–water partition coefficient (Wildman–Crippen LogP) is 0.655. The fourth-order valence-corrected chi connectivity index (χ4v) is 1.66. The van der Waals surface area contributed by atoms with Gasteiger partial charge in [-0.15, -0.1) is 0 Å². The Morgan fingerprint density at radius 1 is 1.60 bits per heavy atom. The predicted molar refractivity (Wildman–Crippen MR) is 59.4 cm³/mol. The maximum absolute atomic E-state index is 11.9. The van der Waals surface area contributed by atoms with Crippen LogP contribution < -0.4 is 11.1 Å². The second-order valence-corrected chi connectivity index (χ2v) is 4.66. The summed E-state index contributed by atoms with van der Waals surface area (Å²) in [5.41, 5.74) is 4.93.